The van der Waals surface area contributed by atoms with Crippen molar-refractivity contribution in [2.24, 2.45) is 0 Å². The lowest BCUT2D eigenvalue weighted by atomic mass is 9.99. The summed E-state index contributed by atoms with van der Waals surface area (Å²) in [6.45, 7) is 0.639. The fraction of sp³-hybridized carbons (Fsp3) is 0.111. The van der Waals surface area contributed by atoms with Gasteiger partial charge in [0, 0.05) is 27.5 Å². The molecule has 0 unspecified atom stereocenters. The van der Waals surface area contributed by atoms with Gasteiger partial charge in [-0.2, -0.15) is 0 Å². The van der Waals surface area contributed by atoms with Gasteiger partial charge in [0.25, 0.3) is 6.47 Å². The van der Waals surface area contributed by atoms with Crippen molar-refractivity contribution in [3.8, 4) is 0 Å². The number of carbonyl (C=O) groups excluding carboxylic acids is 2. The normalized spacial score (nSPS) is 10.7. The van der Waals surface area contributed by atoms with Crippen LogP contribution >= 0.6 is 15.9 Å². The van der Waals surface area contributed by atoms with Gasteiger partial charge in [-0.15, -0.1) is 0 Å². The number of benzene rings is 2. The number of ketones is 1. The number of para-hydroxylation sites is 1. The number of hydrogen-bond donors (Lipinski definition) is 1. The van der Waals surface area contributed by atoms with Crippen molar-refractivity contribution in [2.75, 3.05) is 6.61 Å². The minimum atomic E-state index is -0.0453. The quantitative estimate of drug-likeness (QED) is 0.406. The molecule has 23 heavy (non-hydrogen) atoms. The van der Waals surface area contributed by atoms with Gasteiger partial charge in [0.2, 0.25) is 0 Å². The minimum Gasteiger partial charge on any atom is -0.467 e. The van der Waals surface area contributed by atoms with Gasteiger partial charge in [-0.25, -0.2) is 0 Å². The molecule has 0 bridgehead atoms. The van der Waals surface area contributed by atoms with Crippen LogP contribution in [-0.2, 0) is 16.0 Å². The molecule has 3 aromatic rings. The molecule has 1 aromatic heterocycles. The van der Waals surface area contributed by atoms with E-state index in [2.05, 4.69) is 20.9 Å². The zero-order chi connectivity index (χ0) is 16.2. The average Bonchev–Trinajstić information content (AvgIpc) is 2.95. The molecule has 0 aliphatic carbocycles. The summed E-state index contributed by atoms with van der Waals surface area (Å²) in [6.07, 6.45) is 0.452. The molecule has 5 heteroatoms. The highest BCUT2D eigenvalue weighted by Crippen LogP contribution is 2.30. The van der Waals surface area contributed by atoms with E-state index < -0.39 is 0 Å². The summed E-state index contributed by atoms with van der Waals surface area (Å²) >= 11 is 3.50. The average molecular weight is 372 g/mol. The maximum Gasteiger partial charge on any atom is 0.293 e. The van der Waals surface area contributed by atoms with E-state index in [1.165, 1.54) is 0 Å². The molecule has 4 nitrogen and oxygen atoms in total. The van der Waals surface area contributed by atoms with Crippen LogP contribution in [-0.4, -0.2) is 23.8 Å². The number of fused-ring (bicyclic) bond motifs is 1. The summed E-state index contributed by atoms with van der Waals surface area (Å²) in [5.74, 6) is -0.0453. The summed E-state index contributed by atoms with van der Waals surface area (Å²) in [7, 11) is 0. The summed E-state index contributed by atoms with van der Waals surface area (Å²) in [6, 6.07) is 14.9. The second kappa shape index (κ2) is 6.79. The summed E-state index contributed by atoms with van der Waals surface area (Å²) in [5, 5.41) is 0.856. The highest BCUT2D eigenvalue weighted by Gasteiger charge is 2.20. The molecule has 0 atom stereocenters. The summed E-state index contributed by atoms with van der Waals surface area (Å²) < 4.78 is 5.67. The van der Waals surface area contributed by atoms with Crippen molar-refractivity contribution in [1.29, 1.82) is 0 Å². The lowest BCUT2D eigenvalue weighted by Crippen LogP contribution is -2.06. The molecule has 0 radical (unpaired) electrons. The van der Waals surface area contributed by atoms with Crippen molar-refractivity contribution >= 4 is 39.1 Å². The zero-order valence-electron chi connectivity index (χ0n) is 12.2. The molecule has 116 valence electrons. The Kier molecular flexibility index (Phi) is 4.57. The number of carbonyl (C=O) groups is 2. The van der Waals surface area contributed by atoms with E-state index in [1.54, 1.807) is 12.1 Å². The van der Waals surface area contributed by atoms with Gasteiger partial charge in [0.05, 0.1) is 17.7 Å². The monoisotopic (exact) mass is 371 g/mol. The van der Waals surface area contributed by atoms with Crippen LogP contribution in [0.25, 0.3) is 10.9 Å². The van der Waals surface area contributed by atoms with Crippen LogP contribution < -0.4 is 0 Å². The second-order valence-corrected chi connectivity index (χ2v) is 5.91. The molecule has 0 saturated heterocycles. The van der Waals surface area contributed by atoms with E-state index in [0.29, 0.717) is 24.0 Å². The molecular formula is C18H14BrNO3. The molecule has 1 heterocycles. The Balaban J connectivity index is 2.12. The largest absolute Gasteiger partial charge is 0.467 e. The van der Waals surface area contributed by atoms with Crippen LogP contribution in [0.15, 0.2) is 53.0 Å². The van der Waals surface area contributed by atoms with E-state index in [0.717, 1.165) is 21.1 Å². The van der Waals surface area contributed by atoms with Gasteiger partial charge < -0.3 is 9.72 Å². The topological polar surface area (TPSA) is 59.2 Å². The van der Waals surface area contributed by atoms with Gasteiger partial charge >= 0.3 is 0 Å². The van der Waals surface area contributed by atoms with E-state index >= 15 is 0 Å². The molecule has 3 rings (SSSR count). The Hall–Kier alpha value is -2.40. The van der Waals surface area contributed by atoms with Crippen molar-refractivity contribution in [2.45, 2.75) is 6.42 Å². The number of halogens is 1. The highest BCUT2D eigenvalue weighted by atomic mass is 79.9. The molecular weight excluding hydrogens is 358 g/mol. The van der Waals surface area contributed by atoms with Gasteiger partial charge in [-0.05, 0) is 22.0 Å². The number of nitrogens with one attached hydrogen (secondary N) is 1. The Bertz CT molecular complexity index is 855. The fourth-order valence-corrected chi connectivity index (χ4v) is 3.09. The van der Waals surface area contributed by atoms with Crippen LogP contribution in [0.1, 0.15) is 21.6 Å². The number of H-pyrrole nitrogens is 1. The fourth-order valence-electron chi connectivity index (χ4n) is 2.63. The minimum absolute atomic E-state index is 0.0453. The molecule has 0 amide bonds. The van der Waals surface area contributed by atoms with Crippen molar-refractivity contribution in [3.63, 3.8) is 0 Å². The van der Waals surface area contributed by atoms with Crippen LogP contribution in [0.3, 0.4) is 0 Å². The molecule has 0 saturated carbocycles. The third-order valence-electron chi connectivity index (χ3n) is 3.66. The van der Waals surface area contributed by atoms with Crippen molar-refractivity contribution < 1.29 is 14.3 Å². The predicted octanol–water partition coefficient (Wildman–Crippen LogP) is 3.88. The molecule has 2 aromatic carbocycles. The van der Waals surface area contributed by atoms with Gasteiger partial charge in [0.1, 0.15) is 0 Å². The maximum absolute atomic E-state index is 12.9. The van der Waals surface area contributed by atoms with Crippen LogP contribution in [0.5, 0.6) is 0 Å². The van der Waals surface area contributed by atoms with Crippen LogP contribution in [0.4, 0.5) is 0 Å². The summed E-state index contributed by atoms with van der Waals surface area (Å²) in [4.78, 5) is 26.6. The second-order valence-electron chi connectivity index (χ2n) is 5.05. The highest BCUT2D eigenvalue weighted by molar-refractivity contribution is 9.10. The first-order valence-electron chi connectivity index (χ1n) is 7.16. The first-order valence-corrected chi connectivity index (χ1v) is 7.95. The molecule has 0 spiro atoms. The van der Waals surface area contributed by atoms with E-state index in [1.807, 2.05) is 36.4 Å². The lowest BCUT2D eigenvalue weighted by molar-refractivity contribution is -0.128. The standard InChI is InChI=1S/C18H14BrNO3/c19-14-8-4-7-13-16(18(22)12-5-2-1-3-6-12)15(20-17(13)14)9-10-23-11-21/h1-8,11,20H,9-10H2. The van der Waals surface area contributed by atoms with Gasteiger partial charge in [-0.3, -0.25) is 9.59 Å². The summed E-state index contributed by atoms with van der Waals surface area (Å²) in [5.41, 5.74) is 2.89. The third kappa shape index (κ3) is 3.05. The smallest absolute Gasteiger partial charge is 0.293 e. The molecule has 0 aliphatic heterocycles. The molecule has 0 fully saturated rings. The Labute approximate surface area is 141 Å². The van der Waals surface area contributed by atoms with Crippen LogP contribution in [0.2, 0.25) is 0 Å². The maximum atomic E-state index is 12.9. The van der Waals surface area contributed by atoms with Gasteiger partial charge in [0.15, 0.2) is 5.78 Å². The zero-order valence-corrected chi connectivity index (χ0v) is 13.8. The van der Waals surface area contributed by atoms with E-state index in [9.17, 15) is 9.59 Å². The number of rotatable bonds is 6. The van der Waals surface area contributed by atoms with E-state index in [4.69, 9.17) is 4.74 Å². The first-order chi connectivity index (χ1) is 11.2. The van der Waals surface area contributed by atoms with E-state index in [-0.39, 0.29) is 12.4 Å². The first kappa shape index (κ1) is 15.5. The third-order valence-corrected chi connectivity index (χ3v) is 4.32. The number of aromatic amines is 1. The number of aromatic nitrogens is 1. The Morgan fingerprint density at radius 3 is 2.65 bits per heavy atom. The predicted molar refractivity (Wildman–Crippen MR) is 91.6 cm³/mol. The molecule has 0 aliphatic rings. The SMILES string of the molecule is O=COCCc1[nH]c2c(Br)cccc2c1C(=O)c1ccccc1. The Morgan fingerprint density at radius 1 is 1.13 bits per heavy atom. The van der Waals surface area contributed by atoms with Crippen molar-refractivity contribution in [3.05, 3.63) is 69.8 Å². The van der Waals surface area contributed by atoms with Crippen LogP contribution in [0, 0.1) is 0 Å². The Morgan fingerprint density at radius 2 is 1.91 bits per heavy atom. The molecule has 1 N–H and O–H groups in total. The van der Waals surface area contributed by atoms with Gasteiger partial charge in [-0.1, -0.05) is 42.5 Å². The number of ether oxygens (including phenoxy) is 1. The number of hydrogen-bond acceptors (Lipinski definition) is 3. The lowest BCUT2D eigenvalue weighted by Gasteiger charge is -2.04. The van der Waals surface area contributed by atoms with Crippen molar-refractivity contribution in [1.82, 2.24) is 4.98 Å².